The third-order valence-corrected chi connectivity index (χ3v) is 12.1. The Hall–Kier alpha value is -1.28. The number of aromatic nitrogens is 1. The van der Waals surface area contributed by atoms with E-state index in [1.165, 1.54) is 19.9 Å². The van der Waals surface area contributed by atoms with Gasteiger partial charge in [0.05, 0.1) is 7.11 Å². The number of ether oxygens (including phenoxy) is 1. The topological polar surface area (TPSA) is 70.7 Å². The molecule has 2 aliphatic heterocycles. The first-order valence-electron chi connectivity index (χ1n) is 11.2. The van der Waals surface area contributed by atoms with Crippen molar-refractivity contribution in [3.8, 4) is 5.75 Å². The van der Waals surface area contributed by atoms with E-state index in [0.717, 1.165) is 34.3 Å². The second kappa shape index (κ2) is 11.2. The molecule has 1 N–H and O–H groups in total. The predicted molar refractivity (Wildman–Crippen MR) is 143 cm³/mol. The number of fused-ring (bicyclic) bond motifs is 2. The summed E-state index contributed by atoms with van der Waals surface area (Å²) >= 11 is 3.39. The van der Waals surface area contributed by atoms with Gasteiger partial charge in [0.15, 0.2) is 0 Å². The fourth-order valence-corrected chi connectivity index (χ4v) is 10.3. The molecule has 0 radical (unpaired) electrons. The van der Waals surface area contributed by atoms with Crippen molar-refractivity contribution in [1.82, 2.24) is 0 Å². The van der Waals surface area contributed by atoms with Crippen LogP contribution in [0.15, 0.2) is 45.8 Å². The second-order valence-corrected chi connectivity index (χ2v) is 14.4. The molecule has 0 spiro atoms. The number of hydrogen-bond donors (Lipinski definition) is 1. The summed E-state index contributed by atoms with van der Waals surface area (Å²) in [6.45, 7) is 5.85. The van der Waals surface area contributed by atoms with Crippen LogP contribution in [-0.4, -0.2) is 53.3 Å². The van der Waals surface area contributed by atoms with Crippen molar-refractivity contribution in [2.75, 3.05) is 24.3 Å². The van der Waals surface area contributed by atoms with Crippen molar-refractivity contribution < 1.29 is 22.3 Å². The molecule has 10 heteroatoms. The van der Waals surface area contributed by atoms with Gasteiger partial charge in [0.2, 0.25) is 0 Å². The van der Waals surface area contributed by atoms with E-state index in [0.29, 0.717) is 13.0 Å². The standard InChI is InChI=1S/C24H28N2O4S3Te/c1-4-17(14-22-25(5-2)24-21(32-22)8-6-13-34-24)15-23-26(11-7-12-33(27,28)29)19-16-18(30-3)9-10-20(19)31-23/h6,8-10,14-16H,4-5,7,11-13H2,1-3H3/p+1. The molecule has 3 heterocycles. The van der Waals surface area contributed by atoms with Crippen LogP contribution in [0.3, 0.4) is 0 Å². The summed E-state index contributed by atoms with van der Waals surface area (Å²) < 4.78 is 42.5. The molecule has 0 fully saturated rings. The molecular formula is C24H29N2O4S3Te+. The molecule has 1 aromatic heterocycles. The SMILES string of the molecule is CCC(=Cc1sc2c([n+]1CC)[Te]CC=C2)C=C1Sc2ccc(OC)cc2N1CCCS(=O)(=O)O. The molecule has 0 atom stereocenters. The van der Waals surface area contributed by atoms with Crippen molar-refractivity contribution in [3.05, 3.63) is 50.8 Å². The molecule has 0 amide bonds. The molecule has 182 valence electrons. The van der Waals surface area contributed by atoms with Crippen LogP contribution in [0.25, 0.3) is 12.2 Å². The van der Waals surface area contributed by atoms with Crippen molar-refractivity contribution in [3.63, 3.8) is 0 Å². The van der Waals surface area contributed by atoms with Crippen LogP contribution in [-0.2, 0) is 16.7 Å². The summed E-state index contributed by atoms with van der Waals surface area (Å²) in [4.78, 5) is 4.66. The van der Waals surface area contributed by atoms with Crippen LogP contribution in [0.4, 0.5) is 5.69 Å². The number of allylic oxidation sites excluding steroid dienone is 3. The molecule has 0 unspecified atom stereocenters. The van der Waals surface area contributed by atoms with Crippen molar-refractivity contribution in [2.45, 2.75) is 42.6 Å². The molecule has 2 aliphatic rings. The number of hydrogen-bond acceptors (Lipinski definition) is 6. The van der Waals surface area contributed by atoms with Crippen LogP contribution in [0.5, 0.6) is 5.75 Å². The quantitative estimate of drug-likeness (QED) is 0.252. The van der Waals surface area contributed by atoms with Crippen LogP contribution in [0.2, 0.25) is 4.47 Å². The van der Waals surface area contributed by atoms with Gasteiger partial charge in [0.1, 0.15) is 0 Å². The Balaban J connectivity index is 1.68. The zero-order valence-corrected chi connectivity index (χ0v) is 24.3. The second-order valence-electron chi connectivity index (χ2n) is 7.85. The number of nitrogens with zero attached hydrogens (tertiary/aromatic N) is 2. The van der Waals surface area contributed by atoms with Gasteiger partial charge in [-0.2, -0.15) is 8.42 Å². The van der Waals surface area contributed by atoms with Crippen molar-refractivity contribution in [1.29, 1.82) is 0 Å². The first kappa shape index (κ1) is 25.8. The van der Waals surface area contributed by atoms with Crippen LogP contribution in [0, 0.1) is 0 Å². The van der Waals surface area contributed by atoms with Gasteiger partial charge in [0.25, 0.3) is 0 Å². The predicted octanol–water partition coefficient (Wildman–Crippen LogP) is 4.36. The monoisotopic (exact) mass is 635 g/mol. The Kier molecular flexibility index (Phi) is 8.49. The summed E-state index contributed by atoms with van der Waals surface area (Å²) in [6, 6.07) is 5.97. The Labute approximate surface area is 220 Å². The van der Waals surface area contributed by atoms with E-state index in [4.69, 9.17) is 4.74 Å². The van der Waals surface area contributed by atoms with Crippen LogP contribution in [0.1, 0.15) is 36.6 Å². The number of methoxy groups -OCH3 is 1. The van der Waals surface area contributed by atoms with E-state index < -0.39 is 10.1 Å². The Morgan fingerprint density at radius 1 is 1.35 bits per heavy atom. The van der Waals surface area contributed by atoms with Gasteiger partial charge in [-0.3, -0.25) is 4.55 Å². The minimum Gasteiger partial charge on any atom is -0.286 e. The fourth-order valence-electron chi connectivity index (χ4n) is 3.90. The Bertz CT molecular complexity index is 1270. The maximum absolute atomic E-state index is 11.3. The average Bonchev–Trinajstić information content (AvgIpc) is 3.34. The molecule has 0 bridgehead atoms. The molecular weight excluding hydrogens is 604 g/mol. The summed E-state index contributed by atoms with van der Waals surface area (Å²) in [5, 5.41) is 2.35. The number of thioether (sulfide) groups is 1. The van der Waals surface area contributed by atoms with Crippen molar-refractivity contribution >= 4 is 75.7 Å². The molecule has 2 aromatic rings. The number of thiazole rings is 1. The third-order valence-electron chi connectivity index (χ3n) is 5.59. The zero-order valence-electron chi connectivity index (χ0n) is 19.5. The van der Waals surface area contributed by atoms with Gasteiger partial charge in [-0.05, 0) is 0 Å². The first-order valence-corrected chi connectivity index (χ1v) is 17.2. The smallest absolute Gasteiger partial charge is 0.286 e. The van der Waals surface area contributed by atoms with E-state index in [-0.39, 0.29) is 26.7 Å². The minimum atomic E-state index is -3.99. The van der Waals surface area contributed by atoms with Gasteiger partial charge in [-0.25, -0.2) is 0 Å². The van der Waals surface area contributed by atoms with E-state index in [1.807, 2.05) is 29.5 Å². The molecule has 0 aliphatic carbocycles. The summed E-state index contributed by atoms with van der Waals surface area (Å²) in [5.74, 6) is 0.503. The van der Waals surface area contributed by atoms with Gasteiger partial charge >= 0.3 is 201 Å². The summed E-state index contributed by atoms with van der Waals surface area (Å²) in [6.07, 6.45) is 10.3. The molecule has 6 nitrogen and oxygen atoms in total. The minimum absolute atomic E-state index is 0.161. The van der Waals surface area contributed by atoms with E-state index in [2.05, 4.69) is 47.6 Å². The summed E-state index contributed by atoms with van der Waals surface area (Å²) in [5.41, 5.74) is 2.24. The summed E-state index contributed by atoms with van der Waals surface area (Å²) in [7, 11) is -2.35. The number of anilines is 1. The van der Waals surface area contributed by atoms with E-state index >= 15 is 0 Å². The third kappa shape index (κ3) is 5.92. The first-order chi connectivity index (χ1) is 16.3. The normalized spacial score (nSPS) is 16.8. The maximum atomic E-state index is 11.3. The fraction of sp³-hybridized carbons (Fsp3) is 0.375. The molecule has 34 heavy (non-hydrogen) atoms. The Morgan fingerprint density at radius 2 is 2.18 bits per heavy atom. The van der Waals surface area contributed by atoms with Gasteiger partial charge in [0, 0.05) is 0 Å². The number of benzene rings is 1. The molecule has 1 aromatic carbocycles. The molecule has 4 rings (SSSR count). The zero-order chi connectivity index (χ0) is 24.3. The van der Waals surface area contributed by atoms with Gasteiger partial charge < -0.3 is 0 Å². The molecule has 0 saturated carbocycles. The van der Waals surface area contributed by atoms with Crippen LogP contribution >= 0.6 is 23.1 Å². The van der Waals surface area contributed by atoms with Gasteiger partial charge in [-0.15, -0.1) is 0 Å². The van der Waals surface area contributed by atoms with Crippen LogP contribution < -0.4 is 17.9 Å². The van der Waals surface area contributed by atoms with Gasteiger partial charge in [-0.1, -0.05) is 0 Å². The van der Waals surface area contributed by atoms with E-state index in [9.17, 15) is 13.0 Å². The average molecular weight is 633 g/mol. The Morgan fingerprint density at radius 3 is 2.88 bits per heavy atom. The van der Waals surface area contributed by atoms with Crippen molar-refractivity contribution in [2.24, 2.45) is 0 Å². The number of rotatable bonds is 9. The molecule has 0 saturated heterocycles. The van der Waals surface area contributed by atoms with E-state index in [1.54, 1.807) is 22.6 Å².